The first-order valence-corrected chi connectivity index (χ1v) is 5.61. The molecular weight excluding hydrogens is 200 g/mol. The van der Waals surface area contributed by atoms with E-state index in [0.29, 0.717) is 5.92 Å². The van der Waals surface area contributed by atoms with Crippen LogP contribution in [0.3, 0.4) is 0 Å². The highest BCUT2D eigenvalue weighted by Gasteiger charge is 2.21. The normalized spacial score (nSPS) is 13.5. The summed E-state index contributed by atoms with van der Waals surface area (Å²) in [5.41, 5.74) is 2.29. The van der Waals surface area contributed by atoms with Crippen LogP contribution in [0.4, 0.5) is 0 Å². The summed E-state index contributed by atoms with van der Waals surface area (Å²) in [4.78, 5) is 10.6. The summed E-state index contributed by atoms with van der Waals surface area (Å²) in [7, 11) is 0. The van der Waals surface area contributed by atoms with Crippen LogP contribution in [-0.4, -0.2) is 11.1 Å². The van der Waals surface area contributed by atoms with Crippen LogP contribution in [0.5, 0.6) is 0 Å². The highest BCUT2D eigenvalue weighted by molar-refractivity contribution is 5.70. The van der Waals surface area contributed by atoms with E-state index in [-0.39, 0.29) is 11.8 Å². The molecular formula is C14H20O2. The second-order valence-electron chi connectivity index (χ2n) is 5.40. The molecule has 0 bridgehead atoms. The molecule has 0 saturated heterocycles. The number of aliphatic carboxylic acids is 1. The van der Waals surface area contributed by atoms with Crippen LogP contribution in [0, 0.1) is 5.41 Å². The lowest BCUT2D eigenvalue weighted by Gasteiger charge is -2.27. The minimum Gasteiger partial charge on any atom is -0.481 e. The molecule has 0 aliphatic carbocycles. The Morgan fingerprint density at radius 2 is 2.00 bits per heavy atom. The number of hydrogen-bond acceptors (Lipinski definition) is 1. The van der Waals surface area contributed by atoms with Crippen LogP contribution in [0.1, 0.15) is 44.7 Å². The van der Waals surface area contributed by atoms with Crippen molar-refractivity contribution in [2.24, 2.45) is 5.41 Å². The predicted octanol–water partition coefficient (Wildman–Crippen LogP) is 3.46. The van der Waals surface area contributed by atoms with Crippen LogP contribution >= 0.6 is 0 Å². The van der Waals surface area contributed by atoms with Crippen molar-refractivity contribution in [3.8, 4) is 0 Å². The maximum absolute atomic E-state index is 10.6. The van der Waals surface area contributed by atoms with E-state index in [4.69, 9.17) is 5.11 Å². The lowest BCUT2D eigenvalue weighted by atomic mass is 9.77. The third kappa shape index (κ3) is 3.37. The topological polar surface area (TPSA) is 37.3 Å². The average molecular weight is 220 g/mol. The standard InChI is InChI=1S/C14H20O2/c1-10(14(2,3)4)12-7-5-6-11(8-12)9-13(15)16/h5-8,10H,9H2,1-4H3,(H,15,16). The molecule has 1 rings (SSSR count). The summed E-state index contributed by atoms with van der Waals surface area (Å²) in [6, 6.07) is 7.88. The van der Waals surface area contributed by atoms with E-state index in [9.17, 15) is 4.79 Å². The van der Waals surface area contributed by atoms with E-state index in [1.54, 1.807) is 0 Å². The Hall–Kier alpha value is -1.31. The van der Waals surface area contributed by atoms with Gasteiger partial charge in [-0.25, -0.2) is 0 Å². The van der Waals surface area contributed by atoms with Gasteiger partial charge in [0, 0.05) is 0 Å². The van der Waals surface area contributed by atoms with Gasteiger partial charge in [0.15, 0.2) is 0 Å². The molecule has 2 heteroatoms. The summed E-state index contributed by atoms with van der Waals surface area (Å²) in [6.07, 6.45) is 0.102. The zero-order chi connectivity index (χ0) is 12.3. The van der Waals surface area contributed by atoms with Crippen molar-refractivity contribution >= 4 is 5.97 Å². The summed E-state index contributed by atoms with van der Waals surface area (Å²) in [6.45, 7) is 8.77. The van der Waals surface area contributed by atoms with Crippen LogP contribution in [-0.2, 0) is 11.2 Å². The fourth-order valence-corrected chi connectivity index (χ4v) is 1.65. The van der Waals surface area contributed by atoms with Crippen molar-refractivity contribution in [3.63, 3.8) is 0 Å². The molecule has 0 heterocycles. The number of carbonyl (C=O) groups is 1. The van der Waals surface area contributed by atoms with E-state index < -0.39 is 5.97 Å². The van der Waals surface area contributed by atoms with Gasteiger partial charge in [0.2, 0.25) is 0 Å². The van der Waals surface area contributed by atoms with Gasteiger partial charge in [-0.3, -0.25) is 4.79 Å². The fourth-order valence-electron chi connectivity index (χ4n) is 1.65. The zero-order valence-electron chi connectivity index (χ0n) is 10.4. The zero-order valence-corrected chi connectivity index (χ0v) is 10.4. The second kappa shape index (κ2) is 4.69. The third-order valence-electron chi connectivity index (χ3n) is 3.11. The van der Waals surface area contributed by atoms with Gasteiger partial charge in [0.1, 0.15) is 0 Å². The summed E-state index contributed by atoms with van der Waals surface area (Å²) in [5, 5.41) is 8.76. The van der Waals surface area contributed by atoms with Crippen molar-refractivity contribution in [2.45, 2.75) is 40.0 Å². The summed E-state index contributed by atoms with van der Waals surface area (Å²) >= 11 is 0. The van der Waals surface area contributed by atoms with Crippen LogP contribution in [0.25, 0.3) is 0 Å². The molecule has 0 aliphatic rings. The van der Waals surface area contributed by atoms with E-state index in [2.05, 4.69) is 33.8 Å². The molecule has 0 amide bonds. The van der Waals surface area contributed by atoms with E-state index >= 15 is 0 Å². The quantitative estimate of drug-likeness (QED) is 0.847. The van der Waals surface area contributed by atoms with Gasteiger partial charge in [0.05, 0.1) is 6.42 Å². The minimum atomic E-state index is -0.777. The summed E-state index contributed by atoms with van der Waals surface area (Å²) < 4.78 is 0. The van der Waals surface area contributed by atoms with Gasteiger partial charge >= 0.3 is 5.97 Å². The van der Waals surface area contributed by atoms with Crippen molar-refractivity contribution in [3.05, 3.63) is 35.4 Å². The van der Waals surface area contributed by atoms with Crippen molar-refractivity contribution in [1.29, 1.82) is 0 Å². The number of benzene rings is 1. The lowest BCUT2D eigenvalue weighted by molar-refractivity contribution is -0.136. The Kier molecular flexibility index (Phi) is 3.74. The summed E-state index contributed by atoms with van der Waals surface area (Å²) in [5.74, 6) is -0.359. The number of carboxylic acid groups (broad SMARTS) is 1. The highest BCUT2D eigenvalue weighted by atomic mass is 16.4. The minimum absolute atomic E-state index is 0.102. The first kappa shape index (κ1) is 12.8. The number of rotatable bonds is 3. The first-order chi connectivity index (χ1) is 7.30. The molecule has 1 atom stereocenters. The van der Waals surface area contributed by atoms with Crippen molar-refractivity contribution < 1.29 is 9.90 Å². The number of carboxylic acids is 1. The Labute approximate surface area is 97.3 Å². The maximum atomic E-state index is 10.6. The van der Waals surface area contributed by atoms with Gasteiger partial charge in [-0.05, 0) is 22.5 Å². The van der Waals surface area contributed by atoms with Gasteiger partial charge in [0.25, 0.3) is 0 Å². The molecule has 1 aromatic rings. The molecule has 1 unspecified atom stereocenters. The van der Waals surface area contributed by atoms with E-state index in [1.165, 1.54) is 5.56 Å². The monoisotopic (exact) mass is 220 g/mol. The molecule has 0 radical (unpaired) electrons. The van der Waals surface area contributed by atoms with Gasteiger partial charge in [-0.1, -0.05) is 52.0 Å². The van der Waals surface area contributed by atoms with Gasteiger partial charge in [-0.15, -0.1) is 0 Å². The molecule has 0 saturated carbocycles. The molecule has 16 heavy (non-hydrogen) atoms. The van der Waals surface area contributed by atoms with Crippen molar-refractivity contribution in [1.82, 2.24) is 0 Å². The SMILES string of the molecule is CC(c1cccc(CC(=O)O)c1)C(C)(C)C. The van der Waals surface area contributed by atoms with Crippen molar-refractivity contribution in [2.75, 3.05) is 0 Å². The van der Waals surface area contributed by atoms with Crippen LogP contribution in [0.15, 0.2) is 24.3 Å². The molecule has 0 fully saturated rings. The predicted molar refractivity (Wildman–Crippen MR) is 65.7 cm³/mol. The second-order valence-corrected chi connectivity index (χ2v) is 5.40. The Bertz CT molecular complexity index is 375. The molecule has 0 aromatic heterocycles. The third-order valence-corrected chi connectivity index (χ3v) is 3.11. The highest BCUT2D eigenvalue weighted by Crippen LogP contribution is 2.34. The Morgan fingerprint density at radius 1 is 1.38 bits per heavy atom. The van der Waals surface area contributed by atoms with E-state index in [1.807, 2.05) is 18.2 Å². The Balaban J connectivity index is 2.94. The molecule has 0 aliphatic heterocycles. The average Bonchev–Trinajstić information content (AvgIpc) is 2.14. The van der Waals surface area contributed by atoms with Gasteiger partial charge in [-0.2, -0.15) is 0 Å². The molecule has 0 spiro atoms. The van der Waals surface area contributed by atoms with Crippen LogP contribution in [0.2, 0.25) is 0 Å². The fraction of sp³-hybridized carbons (Fsp3) is 0.500. The smallest absolute Gasteiger partial charge is 0.307 e. The lowest BCUT2D eigenvalue weighted by Crippen LogP contribution is -2.15. The van der Waals surface area contributed by atoms with Crippen LogP contribution < -0.4 is 0 Å². The maximum Gasteiger partial charge on any atom is 0.307 e. The largest absolute Gasteiger partial charge is 0.481 e. The molecule has 1 aromatic carbocycles. The van der Waals surface area contributed by atoms with Gasteiger partial charge < -0.3 is 5.11 Å². The number of hydrogen-bond donors (Lipinski definition) is 1. The Morgan fingerprint density at radius 3 is 2.50 bits per heavy atom. The molecule has 88 valence electrons. The molecule has 1 N–H and O–H groups in total. The molecule has 2 nitrogen and oxygen atoms in total. The first-order valence-electron chi connectivity index (χ1n) is 5.61. The van der Waals surface area contributed by atoms with E-state index in [0.717, 1.165) is 5.56 Å².